The van der Waals surface area contributed by atoms with Gasteiger partial charge < -0.3 is 0 Å². The second-order valence-electron chi connectivity index (χ2n) is 4.03. The molecule has 0 radical (unpaired) electrons. The first-order valence-electron chi connectivity index (χ1n) is 5.56. The fraction of sp³-hybridized carbons (Fsp3) is 0.0714. The van der Waals surface area contributed by atoms with Crippen molar-refractivity contribution in [3.05, 3.63) is 71.3 Å². The van der Waals surface area contributed by atoms with Crippen LogP contribution in [0, 0.1) is 0 Å². The SMILES string of the molecule is O=C1NNC(c2ccccc2)c2ccccc21. The van der Waals surface area contributed by atoms with E-state index in [0.717, 1.165) is 16.7 Å². The van der Waals surface area contributed by atoms with Crippen molar-refractivity contribution in [2.75, 3.05) is 0 Å². The quantitative estimate of drug-likeness (QED) is 0.778. The number of nitrogens with one attached hydrogen (secondary N) is 2. The van der Waals surface area contributed by atoms with Crippen LogP contribution in [0.1, 0.15) is 27.5 Å². The Bertz CT molecular complexity index is 551. The van der Waals surface area contributed by atoms with Gasteiger partial charge in [0.2, 0.25) is 0 Å². The number of carbonyl (C=O) groups excluding carboxylic acids is 1. The minimum Gasteiger partial charge on any atom is -0.287 e. The fourth-order valence-electron chi connectivity index (χ4n) is 2.15. The van der Waals surface area contributed by atoms with Gasteiger partial charge in [-0.1, -0.05) is 48.5 Å². The van der Waals surface area contributed by atoms with Crippen LogP contribution in [0.25, 0.3) is 0 Å². The molecule has 0 bridgehead atoms. The zero-order valence-electron chi connectivity index (χ0n) is 9.18. The molecular formula is C14H12N2O. The smallest absolute Gasteiger partial charge is 0.265 e. The topological polar surface area (TPSA) is 41.1 Å². The lowest BCUT2D eigenvalue weighted by atomic mass is 9.93. The van der Waals surface area contributed by atoms with Gasteiger partial charge >= 0.3 is 0 Å². The lowest BCUT2D eigenvalue weighted by Gasteiger charge is -2.27. The van der Waals surface area contributed by atoms with Crippen LogP contribution >= 0.6 is 0 Å². The molecule has 84 valence electrons. The Hall–Kier alpha value is -2.13. The number of hydrogen-bond donors (Lipinski definition) is 2. The Kier molecular flexibility index (Phi) is 2.38. The van der Waals surface area contributed by atoms with Crippen molar-refractivity contribution in [1.82, 2.24) is 10.9 Å². The molecule has 0 fully saturated rings. The molecule has 1 aliphatic heterocycles. The third kappa shape index (κ3) is 1.70. The molecule has 17 heavy (non-hydrogen) atoms. The summed E-state index contributed by atoms with van der Waals surface area (Å²) in [6.07, 6.45) is 0. The van der Waals surface area contributed by atoms with E-state index in [9.17, 15) is 4.79 Å². The Labute approximate surface area is 99.4 Å². The number of rotatable bonds is 1. The third-order valence-electron chi connectivity index (χ3n) is 2.98. The number of hydrazine groups is 1. The highest BCUT2D eigenvalue weighted by atomic mass is 16.2. The van der Waals surface area contributed by atoms with Crippen LogP contribution in [0.3, 0.4) is 0 Å². The van der Waals surface area contributed by atoms with Crippen LogP contribution in [0.2, 0.25) is 0 Å². The van der Waals surface area contributed by atoms with Crippen molar-refractivity contribution in [2.24, 2.45) is 0 Å². The molecule has 0 aromatic heterocycles. The molecule has 1 aliphatic rings. The first-order chi connectivity index (χ1) is 8.36. The first kappa shape index (κ1) is 10.1. The largest absolute Gasteiger partial charge is 0.287 e. The monoisotopic (exact) mass is 224 g/mol. The zero-order chi connectivity index (χ0) is 11.7. The average molecular weight is 224 g/mol. The summed E-state index contributed by atoms with van der Waals surface area (Å²) in [6.45, 7) is 0. The molecule has 0 saturated heterocycles. The molecular weight excluding hydrogens is 212 g/mol. The van der Waals surface area contributed by atoms with Gasteiger partial charge in [-0.05, 0) is 17.2 Å². The van der Waals surface area contributed by atoms with E-state index in [2.05, 4.69) is 10.9 Å². The highest BCUT2D eigenvalue weighted by molar-refractivity contribution is 5.96. The minimum atomic E-state index is -0.0761. The van der Waals surface area contributed by atoms with E-state index in [0.29, 0.717) is 0 Å². The van der Waals surface area contributed by atoms with Gasteiger partial charge in [-0.25, -0.2) is 5.43 Å². The van der Waals surface area contributed by atoms with Crippen molar-refractivity contribution in [3.8, 4) is 0 Å². The van der Waals surface area contributed by atoms with E-state index in [-0.39, 0.29) is 11.9 Å². The summed E-state index contributed by atoms with van der Waals surface area (Å²) in [5.41, 5.74) is 8.63. The van der Waals surface area contributed by atoms with Crippen molar-refractivity contribution < 1.29 is 4.79 Å². The molecule has 3 nitrogen and oxygen atoms in total. The molecule has 0 saturated carbocycles. The van der Waals surface area contributed by atoms with Crippen molar-refractivity contribution in [2.45, 2.75) is 6.04 Å². The number of hydrogen-bond acceptors (Lipinski definition) is 2. The lowest BCUT2D eigenvalue weighted by Crippen LogP contribution is -2.45. The summed E-state index contributed by atoms with van der Waals surface area (Å²) < 4.78 is 0. The Morgan fingerprint density at radius 2 is 1.59 bits per heavy atom. The van der Waals surface area contributed by atoms with E-state index in [1.807, 2.05) is 54.6 Å². The second kappa shape index (κ2) is 4.03. The molecule has 1 atom stereocenters. The molecule has 1 heterocycles. The lowest BCUT2D eigenvalue weighted by molar-refractivity contribution is 0.0913. The van der Waals surface area contributed by atoms with Gasteiger partial charge in [-0.15, -0.1) is 0 Å². The molecule has 3 rings (SSSR count). The molecule has 0 aliphatic carbocycles. The van der Waals surface area contributed by atoms with E-state index >= 15 is 0 Å². The van der Waals surface area contributed by atoms with Gasteiger partial charge in [0, 0.05) is 5.56 Å². The van der Waals surface area contributed by atoms with Crippen LogP contribution in [-0.2, 0) is 0 Å². The van der Waals surface area contributed by atoms with Crippen LogP contribution in [0.15, 0.2) is 54.6 Å². The number of fused-ring (bicyclic) bond motifs is 1. The highest BCUT2D eigenvalue weighted by Crippen LogP contribution is 2.26. The fourth-order valence-corrected chi connectivity index (χ4v) is 2.15. The van der Waals surface area contributed by atoms with E-state index in [4.69, 9.17) is 0 Å². The summed E-state index contributed by atoms with van der Waals surface area (Å²) >= 11 is 0. The molecule has 3 heteroatoms. The van der Waals surface area contributed by atoms with E-state index < -0.39 is 0 Å². The summed E-state index contributed by atoms with van der Waals surface area (Å²) in [4.78, 5) is 11.7. The summed E-state index contributed by atoms with van der Waals surface area (Å²) in [5.74, 6) is -0.0761. The molecule has 2 aromatic rings. The number of amides is 1. The van der Waals surface area contributed by atoms with E-state index in [1.54, 1.807) is 0 Å². The van der Waals surface area contributed by atoms with Crippen LogP contribution in [-0.4, -0.2) is 5.91 Å². The summed E-state index contributed by atoms with van der Waals surface area (Å²) in [6, 6.07) is 17.8. The van der Waals surface area contributed by atoms with Gasteiger partial charge in [0.25, 0.3) is 5.91 Å². The third-order valence-corrected chi connectivity index (χ3v) is 2.98. The van der Waals surface area contributed by atoms with Gasteiger partial charge in [0.1, 0.15) is 0 Å². The van der Waals surface area contributed by atoms with Crippen molar-refractivity contribution in [3.63, 3.8) is 0 Å². The normalized spacial score (nSPS) is 18.4. The standard InChI is InChI=1S/C14H12N2O/c17-14-12-9-5-4-8-11(12)13(15-16-14)10-6-2-1-3-7-10/h1-9,13,15H,(H,16,17). The maximum absolute atomic E-state index is 11.7. The van der Waals surface area contributed by atoms with Crippen molar-refractivity contribution in [1.29, 1.82) is 0 Å². The van der Waals surface area contributed by atoms with Crippen LogP contribution in [0.4, 0.5) is 0 Å². The van der Waals surface area contributed by atoms with E-state index in [1.165, 1.54) is 0 Å². The second-order valence-corrected chi connectivity index (χ2v) is 4.03. The molecule has 2 aromatic carbocycles. The predicted molar refractivity (Wildman–Crippen MR) is 65.3 cm³/mol. The molecule has 2 N–H and O–H groups in total. The molecule has 0 spiro atoms. The van der Waals surface area contributed by atoms with Crippen LogP contribution in [0.5, 0.6) is 0 Å². The first-order valence-corrected chi connectivity index (χ1v) is 5.56. The summed E-state index contributed by atoms with van der Waals surface area (Å²) in [5, 5.41) is 0. The molecule has 1 amide bonds. The van der Waals surface area contributed by atoms with Crippen molar-refractivity contribution >= 4 is 5.91 Å². The average Bonchev–Trinajstić information content (AvgIpc) is 2.41. The van der Waals surface area contributed by atoms with Gasteiger partial charge in [0.05, 0.1) is 6.04 Å². The maximum Gasteiger partial charge on any atom is 0.265 e. The maximum atomic E-state index is 11.7. The van der Waals surface area contributed by atoms with Gasteiger partial charge in [-0.3, -0.25) is 10.2 Å². The molecule has 1 unspecified atom stereocenters. The zero-order valence-corrected chi connectivity index (χ0v) is 9.18. The Balaban J connectivity index is 2.10. The Morgan fingerprint density at radius 3 is 2.41 bits per heavy atom. The summed E-state index contributed by atoms with van der Waals surface area (Å²) in [7, 11) is 0. The number of carbonyl (C=O) groups is 1. The van der Waals surface area contributed by atoms with Gasteiger partial charge in [-0.2, -0.15) is 0 Å². The number of benzene rings is 2. The highest BCUT2D eigenvalue weighted by Gasteiger charge is 2.25. The predicted octanol–water partition coefficient (Wildman–Crippen LogP) is 2.02. The van der Waals surface area contributed by atoms with Crippen LogP contribution < -0.4 is 10.9 Å². The Morgan fingerprint density at radius 1 is 0.882 bits per heavy atom. The minimum absolute atomic E-state index is 0.0186. The van der Waals surface area contributed by atoms with Gasteiger partial charge in [0.15, 0.2) is 0 Å².